The van der Waals surface area contributed by atoms with Crippen LogP contribution in [-0.4, -0.2) is 11.5 Å². The fourth-order valence-electron chi connectivity index (χ4n) is 2.09. The van der Waals surface area contributed by atoms with Crippen LogP contribution in [0.2, 0.25) is 0 Å². The van der Waals surface area contributed by atoms with Crippen molar-refractivity contribution in [1.29, 1.82) is 5.26 Å². The summed E-state index contributed by atoms with van der Waals surface area (Å²) in [4.78, 5) is 6.51. The van der Waals surface area contributed by atoms with Gasteiger partial charge >= 0.3 is 0 Å². The third-order valence-electron chi connectivity index (χ3n) is 3.08. The van der Waals surface area contributed by atoms with Gasteiger partial charge in [0.1, 0.15) is 17.6 Å². The summed E-state index contributed by atoms with van der Waals surface area (Å²) in [7, 11) is 0. The van der Waals surface area contributed by atoms with E-state index in [-0.39, 0.29) is 0 Å². The second-order valence-electron chi connectivity index (χ2n) is 4.61. The van der Waals surface area contributed by atoms with Crippen molar-refractivity contribution < 1.29 is 0 Å². The van der Waals surface area contributed by atoms with Crippen LogP contribution < -0.4 is 10.6 Å². The molecule has 2 aromatic rings. The van der Waals surface area contributed by atoms with Crippen molar-refractivity contribution in [2.75, 3.05) is 17.2 Å². The molecule has 0 saturated heterocycles. The number of benzene rings is 1. The van der Waals surface area contributed by atoms with Gasteiger partial charge < -0.3 is 10.6 Å². The second-order valence-corrected chi connectivity index (χ2v) is 4.61. The van der Waals surface area contributed by atoms with E-state index < -0.39 is 0 Å². The van der Waals surface area contributed by atoms with E-state index in [1.807, 2.05) is 36.4 Å². The SMILES string of the molecule is CCCN(Cc1ccccc1N)c1cccc(C#N)n1. The smallest absolute Gasteiger partial charge is 0.142 e. The Morgan fingerprint density at radius 2 is 2.00 bits per heavy atom. The number of aromatic nitrogens is 1. The number of nitrogen functional groups attached to an aromatic ring is 1. The summed E-state index contributed by atoms with van der Waals surface area (Å²) in [6.45, 7) is 3.69. The molecular weight excluding hydrogens is 248 g/mol. The molecule has 0 atom stereocenters. The van der Waals surface area contributed by atoms with Crippen molar-refractivity contribution in [3.05, 3.63) is 53.7 Å². The van der Waals surface area contributed by atoms with Crippen molar-refractivity contribution in [2.24, 2.45) is 0 Å². The summed E-state index contributed by atoms with van der Waals surface area (Å²) < 4.78 is 0. The van der Waals surface area contributed by atoms with Crippen molar-refractivity contribution >= 4 is 11.5 Å². The number of nitrogens with zero attached hydrogens (tertiary/aromatic N) is 3. The van der Waals surface area contributed by atoms with Gasteiger partial charge in [-0.3, -0.25) is 0 Å². The molecule has 2 N–H and O–H groups in total. The topological polar surface area (TPSA) is 65.9 Å². The minimum absolute atomic E-state index is 0.435. The van der Waals surface area contributed by atoms with Gasteiger partial charge in [-0.15, -0.1) is 0 Å². The van der Waals surface area contributed by atoms with Crippen LogP contribution in [0.3, 0.4) is 0 Å². The summed E-state index contributed by atoms with van der Waals surface area (Å²) in [5.74, 6) is 0.814. The Labute approximate surface area is 119 Å². The molecule has 0 fully saturated rings. The number of hydrogen-bond acceptors (Lipinski definition) is 4. The Kier molecular flexibility index (Phi) is 4.56. The van der Waals surface area contributed by atoms with Crippen LogP contribution in [0.1, 0.15) is 24.6 Å². The van der Waals surface area contributed by atoms with Crippen LogP contribution in [0, 0.1) is 11.3 Å². The van der Waals surface area contributed by atoms with Gasteiger partial charge in [-0.25, -0.2) is 4.98 Å². The monoisotopic (exact) mass is 266 g/mol. The molecule has 0 aliphatic rings. The van der Waals surface area contributed by atoms with Gasteiger partial charge in [0.25, 0.3) is 0 Å². The van der Waals surface area contributed by atoms with Gasteiger partial charge in [-0.2, -0.15) is 5.26 Å². The molecule has 1 aromatic carbocycles. The Morgan fingerprint density at radius 1 is 1.20 bits per heavy atom. The van der Waals surface area contributed by atoms with Crippen molar-refractivity contribution in [3.8, 4) is 6.07 Å². The van der Waals surface area contributed by atoms with Gasteiger partial charge in [0.2, 0.25) is 0 Å². The molecule has 1 heterocycles. The Hall–Kier alpha value is -2.54. The van der Waals surface area contributed by atoms with Gasteiger partial charge in [0.05, 0.1) is 0 Å². The molecule has 0 aliphatic carbocycles. The van der Waals surface area contributed by atoms with Crippen LogP contribution in [0.15, 0.2) is 42.5 Å². The normalized spacial score (nSPS) is 10.0. The molecule has 4 nitrogen and oxygen atoms in total. The number of rotatable bonds is 5. The minimum Gasteiger partial charge on any atom is -0.398 e. The zero-order valence-corrected chi connectivity index (χ0v) is 11.6. The van der Waals surface area contributed by atoms with E-state index in [0.29, 0.717) is 12.2 Å². The number of nitriles is 1. The first-order chi connectivity index (χ1) is 9.74. The molecule has 2 rings (SSSR count). The molecule has 20 heavy (non-hydrogen) atoms. The maximum Gasteiger partial charge on any atom is 0.142 e. The molecule has 0 radical (unpaired) electrons. The zero-order chi connectivity index (χ0) is 14.4. The van der Waals surface area contributed by atoms with Crippen molar-refractivity contribution in [3.63, 3.8) is 0 Å². The van der Waals surface area contributed by atoms with E-state index in [1.54, 1.807) is 6.07 Å². The Balaban J connectivity index is 2.27. The number of para-hydroxylation sites is 1. The molecule has 0 bridgehead atoms. The average molecular weight is 266 g/mol. The fraction of sp³-hybridized carbons (Fsp3) is 0.250. The van der Waals surface area contributed by atoms with Gasteiger partial charge in [0.15, 0.2) is 0 Å². The predicted octanol–water partition coefficient (Wildman–Crippen LogP) is 2.95. The number of anilines is 2. The highest BCUT2D eigenvalue weighted by atomic mass is 15.2. The van der Waals surface area contributed by atoms with Crippen LogP contribution in [0.25, 0.3) is 0 Å². The number of pyridine rings is 1. The molecule has 0 spiro atoms. The average Bonchev–Trinajstić information content (AvgIpc) is 2.49. The fourth-order valence-corrected chi connectivity index (χ4v) is 2.09. The highest BCUT2D eigenvalue weighted by molar-refractivity contribution is 5.50. The molecule has 4 heteroatoms. The summed E-state index contributed by atoms with van der Waals surface area (Å²) in [5.41, 5.74) is 8.29. The largest absolute Gasteiger partial charge is 0.398 e. The standard InChI is InChI=1S/C16H18N4/c1-2-10-20(12-13-6-3-4-8-15(13)18)16-9-5-7-14(11-17)19-16/h3-9H,2,10,12,18H2,1H3. The third kappa shape index (κ3) is 3.27. The van der Waals surface area contributed by atoms with E-state index in [2.05, 4.69) is 22.9 Å². The summed E-state index contributed by atoms with van der Waals surface area (Å²) in [6.07, 6.45) is 1.01. The first-order valence-electron chi connectivity index (χ1n) is 6.70. The lowest BCUT2D eigenvalue weighted by atomic mass is 10.1. The van der Waals surface area contributed by atoms with Gasteiger partial charge in [-0.1, -0.05) is 31.2 Å². The maximum atomic E-state index is 8.96. The minimum atomic E-state index is 0.435. The van der Waals surface area contributed by atoms with E-state index in [1.165, 1.54) is 0 Å². The zero-order valence-electron chi connectivity index (χ0n) is 11.6. The second kappa shape index (κ2) is 6.58. The first kappa shape index (κ1) is 13.9. The number of hydrogen-bond donors (Lipinski definition) is 1. The number of nitrogens with two attached hydrogens (primary N) is 1. The van der Waals surface area contributed by atoms with Crippen molar-refractivity contribution in [2.45, 2.75) is 19.9 Å². The van der Waals surface area contributed by atoms with E-state index in [0.717, 1.165) is 30.0 Å². The summed E-state index contributed by atoms with van der Waals surface area (Å²) in [5, 5.41) is 8.96. The van der Waals surface area contributed by atoms with E-state index in [9.17, 15) is 0 Å². The van der Waals surface area contributed by atoms with Crippen LogP contribution in [0.4, 0.5) is 11.5 Å². The molecule has 0 saturated carbocycles. The van der Waals surface area contributed by atoms with Crippen molar-refractivity contribution in [1.82, 2.24) is 4.98 Å². The van der Waals surface area contributed by atoms with Crippen LogP contribution in [0.5, 0.6) is 0 Å². The quantitative estimate of drug-likeness (QED) is 0.845. The molecule has 0 aliphatic heterocycles. The lowest BCUT2D eigenvalue weighted by Crippen LogP contribution is -2.25. The first-order valence-corrected chi connectivity index (χ1v) is 6.70. The molecule has 0 amide bonds. The molecule has 1 aromatic heterocycles. The predicted molar refractivity (Wildman–Crippen MR) is 81.1 cm³/mol. The van der Waals surface area contributed by atoms with Gasteiger partial charge in [-0.05, 0) is 30.2 Å². The maximum absolute atomic E-state index is 8.96. The Morgan fingerprint density at radius 3 is 2.70 bits per heavy atom. The molecule has 102 valence electrons. The summed E-state index contributed by atoms with van der Waals surface area (Å²) in [6, 6.07) is 15.4. The lowest BCUT2D eigenvalue weighted by molar-refractivity contribution is 0.755. The van der Waals surface area contributed by atoms with Crippen LogP contribution >= 0.6 is 0 Å². The third-order valence-corrected chi connectivity index (χ3v) is 3.08. The Bertz CT molecular complexity index is 616. The molecule has 0 unspecified atom stereocenters. The summed E-state index contributed by atoms with van der Waals surface area (Å²) >= 11 is 0. The van der Waals surface area contributed by atoms with E-state index >= 15 is 0 Å². The van der Waals surface area contributed by atoms with E-state index in [4.69, 9.17) is 11.0 Å². The van der Waals surface area contributed by atoms with Gasteiger partial charge in [0, 0.05) is 18.8 Å². The highest BCUT2D eigenvalue weighted by Crippen LogP contribution is 2.19. The van der Waals surface area contributed by atoms with Crippen LogP contribution in [-0.2, 0) is 6.54 Å². The lowest BCUT2D eigenvalue weighted by Gasteiger charge is -2.24. The molecular formula is C16H18N4. The highest BCUT2D eigenvalue weighted by Gasteiger charge is 2.10.